The molecule has 0 aromatic heterocycles. The van der Waals surface area contributed by atoms with E-state index in [0.717, 1.165) is 6.07 Å². The van der Waals surface area contributed by atoms with Gasteiger partial charge in [-0.3, -0.25) is 4.79 Å². The number of hydrogen-bond acceptors (Lipinski definition) is 5. The van der Waals surface area contributed by atoms with Crippen molar-refractivity contribution in [2.24, 2.45) is 0 Å². The lowest BCUT2D eigenvalue weighted by Crippen LogP contribution is -2.30. The van der Waals surface area contributed by atoms with Gasteiger partial charge in [0.2, 0.25) is 15.9 Å². The van der Waals surface area contributed by atoms with E-state index in [1.165, 1.54) is 28.6 Å². The van der Waals surface area contributed by atoms with Gasteiger partial charge in [0, 0.05) is 19.6 Å². The molecule has 0 atom stereocenters. The Labute approximate surface area is 181 Å². The number of halogens is 2. The first-order chi connectivity index (χ1) is 14.2. The number of carbonyl (C=O) groups is 1. The summed E-state index contributed by atoms with van der Waals surface area (Å²) >= 11 is 5.93. The number of nitrogens with zero attached hydrogens (tertiary/aromatic N) is 1. The second-order valence-corrected chi connectivity index (χ2v) is 8.70. The zero-order valence-corrected chi connectivity index (χ0v) is 18.7. The summed E-state index contributed by atoms with van der Waals surface area (Å²) in [6, 6.07) is 8.38. The van der Waals surface area contributed by atoms with E-state index in [1.807, 2.05) is 6.92 Å². The zero-order valence-electron chi connectivity index (χ0n) is 17.1. The summed E-state index contributed by atoms with van der Waals surface area (Å²) in [4.78, 5) is 12.4. The van der Waals surface area contributed by atoms with Crippen LogP contribution in [0.15, 0.2) is 41.3 Å². The Morgan fingerprint density at radius 3 is 2.27 bits per heavy atom. The molecule has 30 heavy (non-hydrogen) atoms. The van der Waals surface area contributed by atoms with Gasteiger partial charge in [-0.1, -0.05) is 25.4 Å². The molecule has 0 heterocycles. The fourth-order valence-electron chi connectivity index (χ4n) is 2.85. The Morgan fingerprint density at radius 2 is 1.67 bits per heavy atom. The van der Waals surface area contributed by atoms with Crippen LogP contribution in [0.3, 0.4) is 0 Å². The lowest BCUT2D eigenvalue weighted by Gasteiger charge is -2.20. The summed E-state index contributed by atoms with van der Waals surface area (Å²) in [5.41, 5.74) is 1.43. The van der Waals surface area contributed by atoms with Gasteiger partial charge in [-0.2, -0.15) is 4.31 Å². The molecule has 2 aromatic rings. The topological polar surface area (TPSA) is 90.5 Å². The second kappa shape index (κ2) is 10.6. The van der Waals surface area contributed by atoms with Gasteiger partial charge >= 0.3 is 0 Å². The molecule has 0 saturated carbocycles. The van der Waals surface area contributed by atoms with Gasteiger partial charge in [-0.05, 0) is 43.3 Å². The molecule has 0 aliphatic heterocycles. The van der Waals surface area contributed by atoms with Crippen molar-refractivity contribution < 1.29 is 17.6 Å². The van der Waals surface area contributed by atoms with E-state index in [1.54, 1.807) is 19.9 Å². The third-order valence-electron chi connectivity index (χ3n) is 4.35. The average molecular weight is 457 g/mol. The second-order valence-electron chi connectivity index (χ2n) is 6.35. The fraction of sp³-hybridized carbons (Fsp3) is 0.350. The molecule has 3 N–H and O–H groups in total. The van der Waals surface area contributed by atoms with Crippen LogP contribution in [0.2, 0.25) is 5.02 Å². The van der Waals surface area contributed by atoms with E-state index in [9.17, 15) is 17.6 Å². The minimum atomic E-state index is -3.64. The van der Waals surface area contributed by atoms with Crippen LogP contribution in [0.5, 0.6) is 0 Å². The average Bonchev–Trinajstić information content (AvgIpc) is 2.70. The summed E-state index contributed by atoms with van der Waals surface area (Å²) in [6.45, 7) is 6.66. The highest BCUT2D eigenvalue weighted by Crippen LogP contribution is 2.27. The smallest absolute Gasteiger partial charge is 0.243 e. The maximum Gasteiger partial charge on any atom is 0.243 e. The Kier molecular flexibility index (Phi) is 8.45. The van der Waals surface area contributed by atoms with Gasteiger partial charge in [-0.25, -0.2) is 12.8 Å². The standard InChI is InChI=1S/C20H26ClFN4O3S/c1-4-23-18-10-8-15(30(28,29)26(5-2)6-3)12-19(18)24-13-20(27)25-17-9-7-14(22)11-16(17)21/h7-12,23-24H,4-6,13H2,1-3H3,(H,25,27). The molecule has 0 aliphatic carbocycles. The number of rotatable bonds is 10. The van der Waals surface area contributed by atoms with Crippen molar-refractivity contribution in [3.05, 3.63) is 47.2 Å². The van der Waals surface area contributed by atoms with Gasteiger partial charge in [0.25, 0.3) is 0 Å². The van der Waals surface area contributed by atoms with E-state index in [4.69, 9.17) is 11.6 Å². The molecule has 2 aromatic carbocycles. The van der Waals surface area contributed by atoms with Crippen molar-refractivity contribution in [1.29, 1.82) is 0 Å². The normalized spacial score (nSPS) is 11.4. The largest absolute Gasteiger partial charge is 0.384 e. The Bertz CT molecular complexity index is 998. The van der Waals surface area contributed by atoms with E-state index < -0.39 is 21.7 Å². The van der Waals surface area contributed by atoms with Crippen LogP contribution in [0.4, 0.5) is 21.5 Å². The molecule has 0 aliphatic rings. The highest BCUT2D eigenvalue weighted by atomic mass is 35.5. The van der Waals surface area contributed by atoms with E-state index in [0.29, 0.717) is 31.0 Å². The van der Waals surface area contributed by atoms with Gasteiger partial charge in [-0.15, -0.1) is 0 Å². The van der Waals surface area contributed by atoms with Crippen LogP contribution < -0.4 is 16.0 Å². The van der Waals surface area contributed by atoms with Crippen LogP contribution >= 0.6 is 11.6 Å². The highest BCUT2D eigenvalue weighted by molar-refractivity contribution is 7.89. The van der Waals surface area contributed by atoms with Crippen molar-refractivity contribution in [2.45, 2.75) is 25.7 Å². The fourth-order valence-corrected chi connectivity index (χ4v) is 4.55. The molecule has 0 bridgehead atoms. The molecule has 0 fully saturated rings. The summed E-state index contributed by atoms with van der Waals surface area (Å²) in [5, 5.41) is 8.78. The van der Waals surface area contributed by atoms with Crippen LogP contribution in [0.25, 0.3) is 0 Å². The third kappa shape index (κ3) is 5.84. The molecule has 2 rings (SSSR count). The zero-order chi connectivity index (χ0) is 22.3. The highest BCUT2D eigenvalue weighted by Gasteiger charge is 2.22. The van der Waals surface area contributed by atoms with Crippen LogP contribution in [-0.4, -0.2) is 44.8 Å². The van der Waals surface area contributed by atoms with Crippen molar-refractivity contribution in [3.8, 4) is 0 Å². The first kappa shape index (κ1) is 23.9. The van der Waals surface area contributed by atoms with Crippen molar-refractivity contribution in [3.63, 3.8) is 0 Å². The van der Waals surface area contributed by atoms with Gasteiger partial charge in [0.05, 0.1) is 33.5 Å². The van der Waals surface area contributed by atoms with Crippen molar-refractivity contribution in [2.75, 3.05) is 42.1 Å². The van der Waals surface area contributed by atoms with Crippen molar-refractivity contribution >= 4 is 44.6 Å². The van der Waals surface area contributed by atoms with E-state index in [2.05, 4.69) is 16.0 Å². The molecule has 7 nitrogen and oxygen atoms in total. The van der Waals surface area contributed by atoms with E-state index in [-0.39, 0.29) is 22.2 Å². The first-order valence-corrected chi connectivity index (χ1v) is 11.4. The van der Waals surface area contributed by atoms with Gasteiger partial charge in [0.15, 0.2) is 0 Å². The molecule has 164 valence electrons. The van der Waals surface area contributed by atoms with E-state index >= 15 is 0 Å². The number of nitrogens with one attached hydrogen (secondary N) is 3. The lowest BCUT2D eigenvalue weighted by atomic mass is 10.2. The monoisotopic (exact) mass is 456 g/mol. The van der Waals surface area contributed by atoms with Crippen LogP contribution in [-0.2, 0) is 14.8 Å². The molecule has 0 unspecified atom stereocenters. The van der Waals surface area contributed by atoms with Gasteiger partial charge in [0.1, 0.15) is 5.82 Å². The maximum atomic E-state index is 13.1. The third-order valence-corrected chi connectivity index (χ3v) is 6.70. The predicted molar refractivity (Wildman–Crippen MR) is 119 cm³/mol. The molecular weight excluding hydrogens is 431 g/mol. The minimum Gasteiger partial charge on any atom is -0.384 e. The van der Waals surface area contributed by atoms with Gasteiger partial charge < -0.3 is 16.0 Å². The lowest BCUT2D eigenvalue weighted by molar-refractivity contribution is -0.114. The summed E-state index contributed by atoms with van der Waals surface area (Å²) in [7, 11) is -3.64. The molecular formula is C20H26ClFN4O3S. The molecule has 1 amide bonds. The summed E-state index contributed by atoms with van der Waals surface area (Å²) in [6.07, 6.45) is 0. The predicted octanol–water partition coefficient (Wildman–Crippen LogP) is 3.99. The number of benzene rings is 2. The summed E-state index contributed by atoms with van der Waals surface area (Å²) < 4.78 is 40.1. The number of anilines is 3. The molecule has 0 radical (unpaired) electrons. The maximum absolute atomic E-state index is 13.1. The Balaban J connectivity index is 2.21. The SMILES string of the molecule is CCNc1ccc(S(=O)(=O)N(CC)CC)cc1NCC(=O)Nc1ccc(F)cc1Cl. The van der Waals surface area contributed by atoms with Crippen molar-refractivity contribution in [1.82, 2.24) is 4.31 Å². The minimum absolute atomic E-state index is 0.0870. The Morgan fingerprint density at radius 1 is 1.00 bits per heavy atom. The number of hydrogen-bond donors (Lipinski definition) is 3. The quantitative estimate of drug-likeness (QED) is 0.503. The van der Waals surface area contributed by atoms with Crippen LogP contribution in [0.1, 0.15) is 20.8 Å². The molecule has 0 saturated heterocycles. The number of carbonyl (C=O) groups excluding carboxylic acids is 1. The molecule has 10 heteroatoms. The number of sulfonamides is 1. The Hall–Kier alpha value is -2.36. The summed E-state index contributed by atoms with van der Waals surface area (Å²) in [5.74, 6) is -0.916. The van der Waals surface area contributed by atoms with Crippen LogP contribution in [0, 0.1) is 5.82 Å². The first-order valence-electron chi connectivity index (χ1n) is 9.59. The molecule has 0 spiro atoms. The number of amides is 1.